The predicted molar refractivity (Wildman–Crippen MR) is 167 cm³/mol. The molecule has 0 spiro atoms. The molecule has 44 heavy (non-hydrogen) atoms. The van der Waals surface area contributed by atoms with Crippen molar-refractivity contribution in [3.8, 4) is 0 Å². The summed E-state index contributed by atoms with van der Waals surface area (Å²) in [5.41, 5.74) is 1.96. The Hall–Kier alpha value is -3.76. The number of nitro groups is 1. The Morgan fingerprint density at radius 1 is 1.07 bits per heavy atom. The first kappa shape index (κ1) is 31.7. The number of carbonyl (C=O) groups is 2. The van der Waals surface area contributed by atoms with Gasteiger partial charge in [0.2, 0.25) is 0 Å². The maximum Gasteiger partial charge on any atom is 0.410 e. The summed E-state index contributed by atoms with van der Waals surface area (Å²) in [5, 5.41) is 21.0. The van der Waals surface area contributed by atoms with Gasteiger partial charge >= 0.3 is 12.1 Å². The summed E-state index contributed by atoms with van der Waals surface area (Å²) in [6.45, 7) is 8.38. The minimum Gasteiger partial charge on any atom is -0.480 e. The molecule has 236 valence electrons. The highest BCUT2D eigenvalue weighted by atomic mass is 16.6. The minimum absolute atomic E-state index is 0.00380. The molecule has 10 heteroatoms. The van der Waals surface area contributed by atoms with Gasteiger partial charge in [0.25, 0.3) is 5.69 Å². The zero-order chi connectivity index (χ0) is 31.1. The number of nitro benzene ring substituents is 1. The maximum absolute atomic E-state index is 13.1. The Labute approximate surface area is 259 Å². The lowest BCUT2D eigenvalue weighted by atomic mass is 9.80. The molecule has 3 atom stereocenters. The van der Waals surface area contributed by atoms with Gasteiger partial charge in [-0.2, -0.15) is 0 Å². The lowest BCUT2D eigenvalue weighted by Gasteiger charge is -2.39. The van der Waals surface area contributed by atoms with Gasteiger partial charge in [-0.1, -0.05) is 55.7 Å². The van der Waals surface area contributed by atoms with Gasteiger partial charge in [0.1, 0.15) is 12.6 Å². The van der Waals surface area contributed by atoms with Crippen LogP contribution in [0.1, 0.15) is 55.6 Å². The van der Waals surface area contributed by atoms with Gasteiger partial charge in [0.15, 0.2) is 0 Å². The molecule has 1 N–H and O–H groups in total. The highest BCUT2D eigenvalue weighted by molar-refractivity contribution is 5.73. The highest BCUT2D eigenvalue weighted by Gasteiger charge is 2.41. The van der Waals surface area contributed by atoms with Crippen LogP contribution in [0.2, 0.25) is 0 Å². The second-order valence-electron chi connectivity index (χ2n) is 12.6. The van der Waals surface area contributed by atoms with Crippen molar-refractivity contribution in [2.75, 3.05) is 39.3 Å². The van der Waals surface area contributed by atoms with Crippen LogP contribution in [0, 0.1) is 22.0 Å². The summed E-state index contributed by atoms with van der Waals surface area (Å²) >= 11 is 0. The van der Waals surface area contributed by atoms with E-state index in [9.17, 15) is 24.8 Å². The number of ether oxygens (including phenoxy) is 1. The fourth-order valence-electron chi connectivity index (χ4n) is 7.07. The van der Waals surface area contributed by atoms with Gasteiger partial charge in [0, 0.05) is 63.4 Å². The van der Waals surface area contributed by atoms with E-state index in [-0.39, 0.29) is 24.3 Å². The molecule has 0 aromatic heterocycles. The molecule has 2 aromatic carbocycles. The Morgan fingerprint density at radius 3 is 2.36 bits per heavy atom. The number of rotatable bonds is 13. The first-order chi connectivity index (χ1) is 21.3. The summed E-state index contributed by atoms with van der Waals surface area (Å²) in [4.78, 5) is 42.3. The van der Waals surface area contributed by atoms with E-state index in [1.807, 2.05) is 6.07 Å². The molecular formula is C34H44N4O6. The monoisotopic (exact) mass is 604 g/mol. The van der Waals surface area contributed by atoms with Crippen LogP contribution in [-0.4, -0.2) is 88.1 Å². The highest BCUT2D eigenvalue weighted by Crippen LogP contribution is 2.38. The lowest BCUT2D eigenvalue weighted by molar-refractivity contribution is -0.384. The van der Waals surface area contributed by atoms with Crippen molar-refractivity contribution in [1.29, 1.82) is 0 Å². The van der Waals surface area contributed by atoms with Crippen LogP contribution in [0.4, 0.5) is 10.5 Å². The molecule has 10 nitrogen and oxygen atoms in total. The maximum atomic E-state index is 13.1. The van der Waals surface area contributed by atoms with Crippen LogP contribution in [0.5, 0.6) is 0 Å². The van der Waals surface area contributed by atoms with E-state index >= 15 is 0 Å². The van der Waals surface area contributed by atoms with E-state index in [1.165, 1.54) is 24.1 Å². The fourth-order valence-corrected chi connectivity index (χ4v) is 7.07. The Kier molecular flexibility index (Phi) is 10.7. The molecule has 1 amide bonds. The third-order valence-electron chi connectivity index (χ3n) is 9.76. The second-order valence-corrected chi connectivity index (χ2v) is 12.6. The van der Waals surface area contributed by atoms with Gasteiger partial charge in [-0.25, -0.2) is 4.79 Å². The van der Waals surface area contributed by atoms with Crippen molar-refractivity contribution in [1.82, 2.24) is 14.7 Å². The molecule has 1 saturated carbocycles. The smallest absolute Gasteiger partial charge is 0.410 e. The molecule has 1 aliphatic carbocycles. The third kappa shape index (κ3) is 7.84. The molecule has 3 aliphatic rings. The van der Waals surface area contributed by atoms with Crippen molar-refractivity contribution in [3.63, 3.8) is 0 Å². The number of carboxylic acids is 1. The molecule has 0 bridgehead atoms. The van der Waals surface area contributed by atoms with Crippen LogP contribution >= 0.6 is 0 Å². The molecule has 2 heterocycles. The summed E-state index contributed by atoms with van der Waals surface area (Å²) in [5.74, 6) is 0.439. The van der Waals surface area contributed by atoms with E-state index in [1.54, 1.807) is 23.1 Å². The van der Waals surface area contributed by atoms with Crippen molar-refractivity contribution in [2.24, 2.45) is 11.8 Å². The van der Waals surface area contributed by atoms with Crippen molar-refractivity contribution in [2.45, 2.75) is 63.1 Å². The number of likely N-dealkylation sites (tertiary alicyclic amines) is 2. The van der Waals surface area contributed by atoms with Gasteiger partial charge in [-0.05, 0) is 54.4 Å². The van der Waals surface area contributed by atoms with Gasteiger partial charge in [-0.15, -0.1) is 6.58 Å². The number of aliphatic carboxylic acids is 1. The van der Waals surface area contributed by atoms with E-state index in [0.29, 0.717) is 23.9 Å². The number of nitrogens with zero attached hydrogens (tertiary/aromatic N) is 4. The van der Waals surface area contributed by atoms with E-state index in [0.717, 1.165) is 64.8 Å². The molecular weight excluding hydrogens is 560 g/mol. The molecule has 2 aliphatic heterocycles. The number of carbonyl (C=O) groups excluding carboxylic acids is 1. The number of hydrogen-bond donors (Lipinski definition) is 1. The lowest BCUT2D eigenvalue weighted by Crippen LogP contribution is -2.49. The predicted octanol–water partition coefficient (Wildman–Crippen LogP) is 5.54. The van der Waals surface area contributed by atoms with Crippen LogP contribution in [-0.2, 0) is 16.1 Å². The summed E-state index contributed by atoms with van der Waals surface area (Å²) in [6.07, 6.45) is 7.16. The van der Waals surface area contributed by atoms with Crippen LogP contribution in [0.25, 0.3) is 0 Å². The summed E-state index contributed by atoms with van der Waals surface area (Å²) in [7, 11) is 0. The average Bonchev–Trinajstić information content (AvgIpc) is 3.42. The largest absolute Gasteiger partial charge is 0.480 e. The number of amides is 1. The number of hydrogen-bond acceptors (Lipinski definition) is 7. The van der Waals surface area contributed by atoms with E-state index < -0.39 is 23.0 Å². The summed E-state index contributed by atoms with van der Waals surface area (Å²) < 4.78 is 5.59. The summed E-state index contributed by atoms with van der Waals surface area (Å²) in [6, 6.07) is 16.1. The molecule has 2 saturated heterocycles. The van der Waals surface area contributed by atoms with Crippen LogP contribution < -0.4 is 0 Å². The average molecular weight is 605 g/mol. The van der Waals surface area contributed by atoms with Crippen molar-refractivity contribution in [3.05, 3.63) is 88.5 Å². The first-order valence-corrected chi connectivity index (χ1v) is 15.8. The van der Waals surface area contributed by atoms with Crippen LogP contribution in [0.15, 0.2) is 67.3 Å². The van der Waals surface area contributed by atoms with Crippen molar-refractivity contribution >= 4 is 17.7 Å². The third-order valence-corrected chi connectivity index (χ3v) is 9.76. The Bertz CT molecular complexity index is 1280. The van der Waals surface area contributed by atoms with E-state index in [2.05, 4.69) is 40.6 Å². The minimum atomic E-state index is -0.701. The second kappa shape index (κ2) is 14.8. The molecule has 2 aromatic rings. The van der Waals surface area contributed by atoms with Gasteiger partial charge < -0.3 is 19.6 Å². The number of non-ortho nitro benzene ring substituents is 1. The molecule has 5 rings (SSSR count). The standard InChI is InChI=1S/C34H44N4O6/c1-2-17-37(34(41)44-24-26-11-13-30(14-12-26)38(42)43)29-15-18-35(19-16-29)21-28-22-36(23-31(28)27-9-4-3-5-10-27)32(33(39)40)20-25-7-6-8-25/h2-5,9-14,25,28-29,31-32H,1,6-8,15-24H2,(H,39,40)/t28-,31+,32-/m0/s1. The molecule has 0 unspecified atom stereocenters. The Morgan fingerprint density at radius 2 is 1.77 bits per heavy atom. The number of benzene rings is 2. The Balaban J connectivity index is 1.18. The molecule has 3 fully saturated rings. The quantitative estimate of drug-likeness (QED) is 0.180. The van der Waals surface area contributed by atoms with Crippen molar-refractivity contribution < 1.29 is 24.4 Å². The van der Waals surface area contributed by atoms with Crippen LogP contribution in [0.3, 0.4) is 0 Å². The van der Waals surface area contributed by atoms with Gasteiger partial charge in [0.05, 0.1) is 4.92 Å². The fraction of sp³-hybridized carbons (Fsp3) is 0.529. The topological polar surface area (TPSA) is 116 Å². The van der Waals surface area contributed by atoms with Gasteiger partial charge in [-0.3, -0.25) is 19.8 Å². The number of carboxylic acid groups (broad SMARTS) is 1. The SMILES string of the molecule is C=CCN(C(=O)OCc1ccc([N+](=O)[O-])cc1)C1CCN(C[C@H]2CN([C@@H](CC3CCC3)C(=O)O)C[C@@H]2c2ccccc2)CC1. The first-order valence-electron chi connectivity index (χ1n) is 15.8. The zero-order valence-corrected chi connectivity index (χ0v) is 25.3. The number of piperidine rings is 1. The zero-order valence-electron chi connectivity index (χ0n) is 25.3. The molecule has 0 radical (unpaired) electrons. The normalized spacial score (nSPS) is 22.2. The van der Waals surface area contributed by atoms with E-state index in [4.69, 9.17) is 4.74 Å².